The summed E-state index contributed by atoms with van der Waals surface area (Å²) in [5.41, 5.74) is 3.98. The van der Waals surface area contributed by atoms with E-state index in [9.17, 15) is 9.59 Å². The van der Waals surface area contributed by atoms with E-state index in [0.29, 0.717) is 11.1 Å². The second kappa shape index (κ2) is 15.8. The number of amides is 2. The number of rotatable bonds is 10. The Morgan fingerprint density at radius 3 is 1.40 bits per heavy atom. The lowest BCUT2D eigenvalue weighted by molar-refractivity contribution is 0.0863. The quantitative estimate of drug-likeness (QED) is 0.144. The molecule has 0 aromatic heterocycles. The van der Waals surface area contributed by atoms with Crippen molar-refractivity contribution < 1.29 is 9.59 Å². The zero-order valence-corrected chi connectivity index (χ0v) is 28.8. The van der Waals surface area contributed by atoms with Crippen molar-refractivity contribution in [3.8, 4) is 0 Å². The zero-order valence-electron chi connectivity index (χ0n) is 27.9. The summed E-state index contributed by atoms with van der Waals surface area (Å²) in [6.45, 7) is 0. The van der Waals surface area contributed by atoms with Gasteiger partial charge in [0.2, 0.25) is 0 Å². The molecule has 6 aromatic rings. The zero-order chi connectivity index (χ0) is 34.1. The van der Waals surface area contributed by atoms with Gasteiger partial charge in [-0.3, -0.25) is 9.59 Å². The Labute approximate surface area is 295 Å². The van der Waals surface area contributed by atoms with E-state index in [2.05, 4.69) is 70.1 Å². The monoisotopic (exact) mass is 673 g/mol. The lowest BCUT2D eigenvalue weighted by atomic mass is 9.89. The van der Waals surface area contributed by atoms with Gasteiger partial charge in [0.15, 0.2) is 0 Å². The van der Waals surface area contributed by atoms with Crippen LogP contribution in [-0.2, 0) is 0 Å². The normalized spacial score (nSPS) is 15.6. The van der Waals surface area contributed by atoms with Gasteiger partial charge < -0.3 is 15.5 Å². The fraction of sp³-hybridized carbons (Fsp3) is 0.136. The van der Waals surface area contributed by atoms with Crippen molar-refractivity contribution in [2.75, 3.05) is 4.90 Å². The third-order valence-electron chi connectivity index (χ3n) is 9.24. The molecule has 50 heavy (non-hydrogen) atoms. The summed E-state index contributed by atoms with van der Waals surface area (Å²) in [5.74, 6) is -0.258. The van der Waals surface area contributed by atoms with Crippen LogP contribution in [0.2, 0.25) is 0 Å². The molecular weight excluding hydrogens is 633 g/mol. The van der Waals surface area contributed by atoms with Crippen LogP contribution in [0.15, 0.2) is 170 Å². The number of para-hydroxylation sites is 3. The molecule has 0 spiro atoms. The van der Waals surface area contributed by atoms with Crippen LogP contribution in [0.1, 0.15) is 46.4 Å². The Balaban J connectivity index is 1.15. The minimum Gasteiger partial charge on any atom is -0.347 e. The van der Waals surface area contributed by atoms with E-state index in [0.717, 1.165) is 48.0 Å². The van der Waals surface area contributed by atoms with Crippen LogP contribution < -0.4 is 31.4 Å². The summed E-state index contributed by atoms with van der Waals surface area (Å²) in [4.78, 5) is 30.6. The topological polar surface area (TPSA) is 61.4 Å². The maximum Gasteiger partial charge on any atom is 0.253 e. The van der Waals surface area contributed by atoms with Gasteiger partial charge in [-0.25, -0.2) is 0 Å². The summed E-state index contributed by atoms with van der Waals surface area (Å²) in [6.07, 6.45) is 3.57. The van der Waals surface area contributed by atoms with Gasteiger partial charge in [-0.15, -0.1) is 0 Å². The minimum absolute atomic E-state index is 0.106. The van der Waals surface area contributed by atoms with Crippen LogP contribution in [0.4, 0.5) is 17.1 Å². The van der Waals surface area contributed by atoms with Crippen LogP contribution in [0.5, 0.6) is 0 Å². The molecule has 0 bridgehead atoms. The van der Waals surface area contributed by atoms with Crippen molar-refractivity contribution in [2.45, 2.75) is 37.8 Å². The first-order valence-electron chi connectivity index (χ1n) is 17.3. The molecule has 0 radical (unpaired) electrons. The number of carbonyl (C=O) groups excluding carboxylic acids is 2. The minimum atomic E-state index is -0.962. The average molecular weight is 674 g/mol. The van der Waals surface area contributed by atoms with Crippen LogP contribution in [0.25, 0.3) is 0 Å². The van der Waals surface area contributed by atoms with Crippen LogP contribution >= 0.6 is 7.92 Å². The standard InChI is InChI=1S/C44H40N3O2P/c48-43(37-27-13-17-31-41(37)47(33-19-5-1-6-20-33)34-21-7-2-8-22-34)45-39-29-15-16-30-40(39)46-44(49)38-28-14-18-32-42(38)50(35-23-9-3-10-24-35)36-25-11-4-12-26-36/h1-14,17-28,31-32,39-40H,15-16,29-30H2,(H,45,48)(H,46,49)/t39-,40-/m1/s1. The molecule has 248 valence electrons. The maximum atomic E-state index is 14.2. The molecule has 6 aromatic carbocycles. The van der Waals surface area contributed by atoms with Gasteiger partial charge in [0, 0.05) is 29.0 Å². The molecule has 0 unspecified atom stereocenters. The second-order valence-corrected chi connectivity index (χ2v) is 14.7. The molecule has 0 aliphatic heterocycles. The van der Waals surface area contributed by atoms with E-state index >= 15 is 0 Å². The first-order chi connectivity index (χ1) is 24.7. The van der Waals surface area contributed by atoms with Gasteiger partial charge in [-0.2, -0.15) is 0 Å². The summed E-state index contributed by atoms with van der Waals surface area (Å²) in [6, 6.07) is 56.4. The van der Waals surface area contributed by atoms with E-state index in [4.69, 9.17) is 0 Å². The van der Waals surface area contributed by atoms with Gasteiger partial charge >= 0.3 is 0 Å². The number of hydrogen-bond donors (Lipinski definition) is 2. The molecule has 2 amide bonds. The van der Waals surface area contributed by atoms with E-state index in [1.807, 2.05) is 115 Å². The van der Waals surface area contributed by atoms with E-state index < -0.39 is 7.92 Å². The summed E-state index contributed by atoms with van der Waals surface area (Å²) < 4.78 is 0. The first kappa shape index (κ1) is 33.0. The number of nitrogens with zero attached hydrogens (tertiary/aromatic N) is 1. The summed E-state index contributed by atoms with van der Waals surface area (Å²) >= 11 is 0. The average Bonchev–Trinajstić information content (AvgIpc) is 3.18. The maximum absolute atomic E-state index is 14.2. The van der Waals surface area contributed by atoms with Crippen molar-refractivity contribution in [1.82, 2.24) is 10.6 Å². The molecule has 1 aliphatic carbocycles. The van der Waals surface area contributed by atoms with Gasteiger partial charge in [-0.05, 0) is 79.1 Å². The highest BCUT2D eigenvalue weighted by Gasteiger charge is 2.31. The molecular formula is C44H40N3O2P. The summed E-state index contributed by atoms with van der Waals surface area (Å²) in [5, 5.41) is 10.1. The lowest BCUT2D eigenvalue weighted by Gasteiger charge is -2.34. The van der Waals surface area contributed by atoms with Crippen molar-refractivity contribution in [3.05, 3.63) is 181 Å². The van der Waals surface area contributed by atoms with E-state index in [1.54, 1.807) is 0 Å². The molecule has 2 atom stereocenters. The van der Waals surface area contributed by atoms with E-state index in [1.165, 1.54) is 10.6 Å². The molecule has 7 rings (SSSR count). The molecule has 0 saturated heterocycles. The number of nitrogens with one attached hydrogen (secondary N) is 2. The highest BCUT2D eigenvalue weighted by atomic mass is 31.1. The van der Waals surface area contributed by atoms with Gasteiger partial charge in [0.05, 0.1) is 11.3 Å². The number of carbonyl (C=O) groups is 2. The predicted octanol–water partition coefficient (Wildman–Crippen LogP) is 8.39. The predicted molar refractivity (Wildman–Crippen MR) is 207 cm³/mol. The Kier molecular flexibility index (Phi) is 10.4. The smallest absolute Gasteiger partial charge is 0.253 e. The van der Waals surface area contributed by atoms with Gasteiger partial charge in [-0.1, -0.05) is 140 Å². The Bertz CT molecular complexity index is 1800. The summed E-state index contributed by atoms with van der Waals surface area (Å²) in [7, 11) is -0.962. The highest BCUT2D eigenvalue weighted by Crippen LogP contribution is 2.37. The first-order valence-corrected chi connectivity index (χ1v) is 18.6. The Hall–Kier alpha value is -5.51. The SMILES string of the molecule is O=C(N[C@@H]1CCCC[C@H]1NC(=O)c1ccccc1P(c1ccccc1)c1ccccc1)c1ccccc1N(c1ccccc1)c1ccccc1. The molecule has 1 aliphatic rings. The molecule has 0 heterocycles. The molecule has 6 heteroatoms. The fourth-order valence-electron chi connectivity index (χ4n) is 6.85. The molecule has 1 saturated carbocycles. The van der Waals surface area contributed by atoms with Gasteiger partial charge in [0.1, 0.15) is 0 Å². The van der Waals surface area contributed by atoms with Crippen molar-refractivity contribution in [1.29, 1.82) is 0 Å². The highest BCUT2D eigenvalue weighted by molar-refractivity contribution is 7.80. The third-order valence-corrected chi connectivity index (χ3v) is 11.7. The van der Waals surface area contributed by atoms with Crippen LogP contribution in [0, 0.1) is 0 Å². The molecule has 5 nitrogen and oxygen atoms in total. The Morgan fingerprint density at radius 1 is 0.480 bits per heavy atom. The number of anilines is 3. The number of hydrogen-bond acceptors (Lipinski definition) is 3. The fourth-order valence-corrected chi connectivity index (χ4v) is 9.30. The second-order valence-electron chi connectivity index (χ2n) is 12.5. The molecule has 2 N–H and O–H groups in total. The number of benzene rings is 6. The lowest BCUT2D eigenvalue weighted by Crippen LogP contribution is -2.53. The van der Waals surface area contributed by atoms with Crippen molar-refractivity contribution in [2.24, 2.45) is 0 Å². The van der Waals surface area contributed by atoms with Crippen LogP contribution in [0.3, 0.4) is 0 Å². The molecule has 1 fully saturated rings. The van der Waals surface area contributed by atoms with E-state index in [-0.39, 0.29) is 23.9 Å². The third kappa shape index (κ3) is 7.39. The Morgan fingerprint density at radius 2 is 0.880 bits per heavy atom. The largest absolute Gasteiger partial charge is 0.347 e. The van der Waals surface area contributed by atoms with Gasteiger partial charge in [0.25, 0.3) is 11.8 Å². The van der Waals surface area contributed by atoms with Crippen molar-refractivity contribution >= 4 is 52.7 Å². The van der Waals surface area contributed by atoms with Crippen molar-refractivity contribution in [3.63, 3.8) is 0 Å². The van der Waals surface area contributed by atoms with Crippen LogP contribution in [-0.4, -0.2) is 23.9 Å².